The average molecular weight is 391 g/mol. The molecule has 0 spiro atoms. The molecule has 1 atom stereocenters. The Labute approximate surface area is 161 Å². The molecular weight excluding hydrogens is 370 g/mol. The molecule has 10 heteroatoms. The predicted octanol–water partition coefficient (Wildman–Crippen LogP) is 2.03. The fourth-order valence-electron chi connectivity index (χ4n) is 2.39. The number of rotatable bonds is 9. The molecule has 2 amide bonds. The summed E-state index contributed by atoms with van der Waals surface area (Å²) in [5, 5.41) is 16.4. The van der Waals surface area contributed by atoms with Crippen LogP contribution < -0.4 is 20.1 Å². The van der Waals surface area contributed by atoms with Gasteiger partial charge in [0.1, 0.15) is 17.4 Å². The van der Waals surface area contributed by atoms with Gasteiger partial charge in [0.05, 0.1) is 37.5 Å². The highest BCUT2D eigenvalue weighted by Crippen LogP contribution is 2.34. The number of methoxy groups -OCH3 is 1. The summed E-state index contributed by atoms with van der Waals surface area (Å²) in [5.41, 5.74) is -0.694. The van der Waals surface area contributed by atoms with Gasteiger partial charge in [0.2, 0.25) is 5.91 Å². The van der Waals surface area contributed by atoms with Gasteiger partial charge in [0.25, 0.3) is 11.6 Å². The minimum Gasteiger partial charge on any atom is -0.493 e. The molecule has 0 aliphatic carbocycles. The van der Waals surface area contributed by atoms with E-state index in [1.165, 1.54) is 26.4 Å². The first kappa shape index (κ1) is 20.7. The number of amides is 2. The summed E-state index contributed by atoms with van der Waals surface area (Å²) in [6.45, 7) is 3.63. The van der Waals surface area contributed by atoms with Crippen LogP contribution in [0.5, 0.6) is 11.5 Å². The van der Waals surface area contributed by atoms with Gasteiger partial charge in [-0.15, -0.1) is 0 Å². The molecule has 28 heavy (non-hydrogen) atoms. The lowest BCUT2D eigenvalue weighted by atomic mass is 10.1. The minimum absolute atomic E-state index is 0.134. The quantitative estimate of drug-likeness (QED) is 0.493. The van der Waals surface area contributed by atoms with Crippen LogP contribution in [0.2, 0.25) is 0 Å². The van der Waals surface area contributed by atoms with Crippen LogP contribution in [0.3, 0.4) is 0 Å². The van der Waals surface area contributed by atoms with E-state index in [4.69, 9.17) is 13.9 Å². The smallest absolute Gasteiger partial charge is 0.286 e. The van der Waals surface area contributed by atoms with Gasteiger partial charge in [-0.2, -0.15) is 0 Å². The Morgan fingerprint density at radius 3 is 2.64 bits per heavy atom. The topological polar surface area (TPSA) is 133 Å². The van der Waals surface area contributed by atoms with Crippen molar-refractivity contribution in [3.05, 3.63) is 52.0 Å². The molecule has 1 aromatic heterocycles. The van der Waals surface area contributed by atoms with E-state index < -0.39 is 28.5 Å². The normalized spacial score (nSPS) is 11.4. The van der Waals surface area contributed by atoms with Crippen molar-refractivity contribution < 1.29 is 28.4 Å². The maximum atomic E-state index is 12.6. The molecule has 0 aliphatic rings. The van der Waals surface area contributed by atoms with E-state index >= 15 is 0 Å². The second-order valence-electron chi connectivity index (χ2n) is 5.70. The summed E-state index contributed by atoms with van der Waals surface area (Å²) in [4.78, 5) is 35.4. The average Bonchev–Trinajstić information content (AvgIpc) is 3.19. The van der Waals surface area contributed by atoms with Crippen molar-refractivity contribution in [2.75, 3.05) is 13.7 Å². The number of benzene rings is 1. The van der Waals surface area contributed by atoms with Crippen LogP contribution in [0.25, 0.3) is 0 Å². The Kier molecular flexibility index (Phi) is 6.96. The molecule has 0 radical (unpaired) electrons. The van der Waals surface area contributed by atoms with Crippen LogP contribution in [-0.4, -0.2) is 36.5 Å². The van der Waals surface area contributed by atoms with Crippen molar-refractivity contribution in [2.45, 2.75) is 26.4 Å². The van der Waals surface area contributed by atoms with Crippen LogP contribution in [0.4, 0.5) is 5.69 Å². The summed E-state index contributed by atoms with van der Waals surface area (Å²) in [7, 11) is 1.34. The Balaban J connectivity index is 2.15. The van der Waals surface area contributed by atoms with Gasteiger partial charge in [-0.1, -0.05) is 0 Å². The summed E-state index contributed by atoms with van der Waals surface area (Å²) in [5.74, 6) is -0.370. The Morgan fingerprint density at radius 1 is 1.32 bits per heavy atom. The second-order valence-corrected chi connectivity index (χ2v) is 5.70. The van der Waals surface area contributed by atoms with E-state index in [9.17, 15) is 19.7 Å². The Morgan fingerprint density at radius 2 is 2.07 bits per heavy atom. The van der Waals surface area contributed by atoms with Crippen molar-refractivity contribution in [1.82, 2.24) is 10.6 Å². The molecule has 1 aromatic carbocycles. The molecule has 150 valence electrons. The molecule has 10 nitrogen and oxygen atoms in total. The van der Waals surface area contributed by atoms with Crippen molar-refractivity contribution in [1.29, 1.82) is 0 Å². The summed E-state index contributed by atoms with van der Waals surface area (Å²) < 4.78 is 15.6. The third kappa shape index (κ3) is 5.00. The standard InChI is InChI=1S/C18H21N3O7/c1-4-27-16-8-13(14(21(24)25)9-15(16)26-3)18(23)20-11(2)17(22)19-10-12-6-5-7-28-12/h5-9,11H,4,10H2,1-3H3,(H,19,22)(H,20,23). The first-order valence-corrected chi connectivity index (χ1v) is 8.47. The third-order valence-corrected chi connectivity index (χ3v) is 3.78. The highest BCUT2D eigenvalue weighted by Gasteiger charge is 2.26. The fraction of sp³-hybridized carbons (Fsp3) is 0.333. The number of nitrogens with zero attached hydrogens (tertiary/aromatic N) is 1. The fourth-order valence-corrected chi connectivity index (χ4v) is 2.39. The number of furan rings is 1. The van der Waals surface area contributed by atoms with Crippen LogP contribution >= 0.6 is 0 Å². The van der Waals surface area contributed by atoms with Gasteiger partial charge < -0.3 is 24.5 Å². The first-order valence-electron chi connectivity index (χ1n) is 8.47. The minimum atomic E-state index is -0.931. The van der Waals surface area contributed by atoms with Crippen molar-refractivity contribution in [3.63, 3.8) is 0 Å². The molecule has 0 bridgehead atoms. The Hall–Kier alpha value is -3.56. The van der Waals surface area contributed by atoms with Gasteiger partial charge in [0, 0.05) is 6.07 Å². The lowest BCUT2D eigenvalue weighted by Gasteiger charge is -2.15. The van der Waals surface area contributed by atoms with Gasteiger partial charge in [-0.3, -0.25) is 19.7 Å². The van der Waals surface area contributed by atoms with E-state index in [1.54, 1.807) is 19.1 Å². The van der Waals surface area contributed by atoms with Crippen molar-refractivity contribution in [2.24, 2.45) is 0 Å². The number of hydrogen-bond donors (Lipinski definition) is 2. The molecule has 1 unspecified atom stereocenters. The lowest BCUT2D eigenvalue weighted by molar-refractivity contribution is -0.385. The maximum absolute atomic E-state index is 12.6. The number of hydrogen-bond acceptors (Lipinski definition) is 7. The molecule has 2 aromatic rings. The zero-order valence-electron chi connectivity index (χ0n) is 15.7. The number of ether oxygens (including phenoxy) is 2. The van der Waals surface area contributed by atoms with Crippen LogP contribution in [0.1, 0.15) is 30.0 Å². The number of carbonyl (C=O) groups is 2. The van der Waals surface area contributed by atoms with Crippen molar-refractivity contribution >= 4 is 17.5 Å². The van der Waals surface area contributed by atoms with E-state index in [-0.39, 0.29) is 30.2 Å². The highest BCUT2D eigenvalue weighted by atomic mass is 16.6. The monoisotopic (exact) mass is 391 g/mol. The molecular formula is C18H21N3O7. The number of nitro benzene ring substituents is 1. The molecule has 0 aliphatic heterocycles. The number of nitro groups is 1. The SMILES string of the molecule is CCOc1cc(C(=O)NC(C)C(=O)NCc2ccco2)c([N+](=O)[O-])cc1OC. The van der Waals surface area contributed by atoms with E-state index in [0.717, 1.165) is 6.07 Å². The van der Waals surface area contributed by atoms with Gasteiger partial charge in [-0.25, -0.2) is 0 Å². The Bertz CT molecular complexity index is 849. The predicted molar refractivity (Wildman–Crippen MR) is 98.3 cm³/mol. The summed E-state index contributed by atoms with van der Waals surface area (Å²) in [6, 6.07) is 4.79. The van der Waals surface area contributed by atoms with Crippen LogP contribution in [-0.2, 0) is 11.3 Å². The van der Waals surface area contributed by atoms with Crippen LogP contribution in [0.15, 0.2) is 34.9 Å². The zero-order valence-corrected chi connectivity index (χ0v) is 15.7. The number of carbonyl (C=O) groups excluding carboxylic acids is 2. The summed E-state index contributed by atoms with van der Waals surface area (Å²) in [6.07, 6.45) is 1.48. The maximum Gasteiger partial charge on any atom is 0.286 e. The van der Waals surface area contributed by atoms with Crippen molar-refractivity contribution in [3.8, 4) is 11.5 Å². The van der Waals surface area contributed by atoms with E-state index in [1.807, 2.05) is 0 Å². The summed E-state index contributed by atoms with van der Waals surface area (Å²) >= 11 is 0. The van der Waals surface area contributed by atoms with E-state index in [2.05, 4.69) is 10.6 Å². The molecule has 2 rings (SSSR count). The largest absolute Gasteiger partial charge is 0.493 e. The van der Waals surface area contributed by atoms with Gasteiger partial charge in [0.15, 0.2) is 11.5 Å². The van der Waals surface area contributed by atoms with Gasteiger partial charge in [-0.05, 0) is 26.0 Å². The number of nitrogens with one attached hydrogen (secondary N) is 2. The highest BCUT2D eigenvalue weighted by molar-refractivity contribution is 6.01. The zero-order chi connectivity index (χ0) is 20.7. The van der Waals surface area contributed by atoms with Crippen LogP contribution in [0, 0.1) is 10.1 Å². The van der Waals surface area contributed by atoms with E-state index in [0.29, 0.717) is 5.76 Å². The third-order valence-electron chi connectivity index (χ3n) is 3.78. The lowest BCUT2D eigenvalue weighted by Crippen LogP contribution is -2.44. The molecule has 2 N–H and O–H groups in total. The molecule has 1 heterocycles. The second kappa shape index (κ2) is 9.40. The molecule has 0 saturated carbocycles. The molecule has 0 fully saturated rings. The first-order chi connectivity index (χ1) is 13.4. The van der Waals surface area contributed by atoms with Gasteiger partial charge >= 0.3 is 0 Å². The molecule has 0 saturated heterocycles.